The highest BCUT2D eigenvalue weighted by Gasteiger charge is 2.28. The minimum absolute atomic E-state index is 0.0527. The van der Waals surface area contributed by atoms with Gasteiger partial charge in [0.25, 0.3) is 5.91 Å². The minimum Gasteiger partial charge on any atom is -0.490 e. The molecule has 0 saturated carbocycles. The third-order valence-corrected chi connectivity index (χ3v) is 6.59. The van der Waals surface area contributed by atoms with Gasteiger partial charge in [-0.25, -0.2) is 0 Å². The summed E-state index contributed by atoms with van der Waals surface area (Å²) in [6.07, 6.45) is 7.19. The van der Waals surface area contributed by atoms with Crippen LogP contribution in [0.4, 0.5) is 0 Å². The van der Waals surface area contributed by atoms with E-state index in [1.807, 2.05) is 24.3 Å². The fourth-order valence-corrected chi connectivity index (χ4v) is 4.74. The second kappa shape index (κ2) is 9.92. The van der Waals surface area contributed by atoms with E-state index in [-0.39, 0.29) is 18.1 Å². The summed E-state index contributed by atoms with van der Waals surface area (Å²) in [7, 11) is 2.22. The van der Waals surface area contributed by atoms with Crippen molar-refractivity contribution in [1.82, 2.24) is 15.1 Å². The van der Waals surface area contributed by atoms with Gasteiger partial charge in [0.15, 0.2) is 0 Å². The second-order valence-corrected chi connectivity index (χ2v) is 8.76. The number of carbonyl (C=O) groups excluding carboxylic acids is 1. The third kappa shape index (κ3) is 5.71. The van der Waals surface area contributed by atoms with Crippen molar-refractivity contribution in [3.63, 3.8) is 0 Å². The van der Waals surface area contributed by atoms with Gasteiger partial charge in [-0.05, 0) is 76.9 Å². The third-order valence-electron chi connectivity index (χ3n) is 6.59. The van der Waals surface area contributed by atoms with Crippen LogP contribution in [0, 0.1) is 0 Å². The molecule has 1 aromatic carbocycles. The number of carbonyl (C=O) groups is 1. The van der Waals surface area contributed by atoms with Crippen LogP contribution in [-0.4, -0.2) is 80.3 Å². The predicted molar refractivity (Wildman–Crippen MR) is 113 cm³/mol. The summed E-state index contributed by atoms with van der Waals surface area (Å²) in [4.78, 5) is 17.5. The number of rotatable bonds is 6. The number of hydrogen-bond donors (Lipinski definition) is 1. The SMILES string of the molecule is CN1CCC(N2CCC(Oc3cccc(C(=O)NC[C@@H]4CCCO4)c3)CC2)CC1. The van der Waals surface area contributed by atoms with Gasteiger partial charge in [0.05, 0.1) is 6.10 Å². The quantitative estimate of drug-likeness (QED) is 0.794. The van der Waals surface area contributed by atoms with E-state index in [2.05, 4.69) is 22.2 Å². The fourth-order valence-electron chi connectivity index (χ4n) is 4.74. The van der Waals surface area contributed by atoms with Crippen LogP contribution < -0.4 is 10.1 Å². The Morgan fingerprint density at radius 3 is 2.66 bits per heavy atom. The summed E-state index contributed by atoms with van der Waals surface area (Å²) in [6, 6.07) is 8.32. The van der Waals surface area contributed by atoms with E-state index in [4.69, 9.17) is 9.47 Å². The topological polar surface area (TPSA) is 54.0 Å². The van der Waals surface area contributed by atoms with Crippen LogP contribution in [0.15, 0.2) is 24.3 Å². The van der Waals surface area contributed by atoms with Crippen LogP contribution >= 0.6 is 0 Å². The molecule has 3 aliphatic heterocycles. The van der Waals surface area contributed by atoms with E-state index in [1.165, 1.54) is 25.9 Å². The molecule has 1 atom stereocenters. The maximum atomic E-state index is 12.5. The zero-order valence-electron chi connectivity index (χ0n) is 17.6. The second-order valence-electron chi connectivity index (χ2n) is 8.76. The molecule has 0 aromatic heterocycles. The molecule has 0 spiro atoms. The zero-order valence-corrected chi connectivity index (χ0v) is 17.6. The van der Waals surface area contributed by atoms with Crippen molar-refractivity contribution >= 4 is 5.91 Å². The Hall–Kier alpha value is -1.63. The Kier molecular flexibility index (Phi) is 7.06. The molecule has 6 nitrogen and oxygen atoms in total. The average molecular weight is 402 g/mol. The minimum atomic E-state index is -0.0527. The largest absolute Gasteiger partial charge is 0.490 e. The molecule has 160 valence electrons. The first-order valence-corrected chi connectivity index (χ1v) is 11.3. The first-order chi connectivity index (χ1) is 14.2. The number of likely N-dealkylation sites (tertiary alicyclic amines) is 2. The van der Waals surface area contributed by atoms with Crippen LogP contribution in [0.1, 0.15) is 48.9 Å². The van der Waals surface area contributed by atoms with Crippen molar-refractivity contribution in [3.05, 3.63) is 29.8 Å². The fraction of sp³-hybridized carbons (Fsp3) is 0.696. The van der Waals surface area contributed by atoms with Crippen LogP contribution in [0.2, 0.25) is 0 Å². The molecule has 1 amide bonds. The molecule has 6 heteroatoms. The molecular formula is C23H35N3O3. The number of ether oxygens (including phenoxy) is 2. The van der Waals surface area contributed by atoms with Crippen molar-refractivity contribution in [3.8, 4) is 5.75 Å². The van der Waals surface area contributed by atoms with Crippen molar-refractivity contribution in [2.75, 3.05) is 46.4 Å². The first-order valence-electron chi connectivity index (χ1n) is 11.3. The van der Waals surface area contributed by atoms with Crippen molar-refractivity contribution < 1.29 is 14.3 Å². The number of amides is 1. The van der Waals surface area contributed by atoms with Crippen LogP contribution in [0.5, 0.6) is 5.75 Å². The smallest absolute Gasteiger partial charge is 0.251 e. The summed E-state index contributed by atoms with van der Waals surface area (Å²) in [5.41, 5.74) is 0.657. The normalized spacial score (nSPS) is 25.2. The van der Waals surface area contributed by atoms with Gasteiger partial charge in [0.2, 0.25) is 0 Å². The maximum absolute atomic E-state index is 12.5. The van der Waals surface area contributed by atoms with E-state index in [9.17, 15) is 4.79 Å². The van der Waals surface area contributed by atoms with Crippen molar-refractivity contribution in [2.45, 2.75) is 56.8 Å². The summed E-state index contributed by atoms with van der Waals surface area (Å²) in [6.45, 7) is 6.03. The van der Waals surface area contributed by atoms with E-state index < -0.39 is 0 Å². The Balaban J connectivity index is 1.23. The maximum Gasteiger partial charge on any atom is 0.251 e. The van der Waals surface area contributed by atoms with Gasteiger partial charge in [-0.15, -0.1) is 0 Å². The van der Waals surface area contributed by atoms with Gasteiger partial charge in [-0.2, -0.15) is 0 Å². The van der Waals surface area contributed by atoms with Crippen LogP contribution in [0.25, 0.3) is 0 Å². The Morgan fingerprint density at radius 2 is 1.93 bits per heavy atom. The highest BCUT2D eigenvalue weighted by atomic mass is 16.5. The number of nitrogens with one attached hydrogen (secondary N) is 1. The van der Waals surface area contributed by atoms with Crippen LogP contribution in [-0.2, 0) is 4.74 Å². The average Bonchev–Trinajstić information content (AvgIpc) is 3.27. The molecule has 3 saturated heterocycles. The van der Waals surface area contributed by atoms with Gasteiger partial charge in [-0.1, -0.05) is 6.07 Å². The Bertz CT molecular complexity index is 661. The molecular weight excluding hydrogens is 366 g/mol. The molecule has 29 heavy (non-hydrogen) atoms. The van der Waals surface area contributed by atoms with E-state index in [1.54, 1.807) is 0 Å². The summed E-state index contributed by atoms with van der Waals surface area (Å²) in [5.74, 6) is 0.746. The van der Waals surface area contributed by atoms with Gasteiger partial charge in [0.1, 0.15) is 11.9 Å². The summed E-state index contributed by atoms with van der Waals surface area (Å²) in [5, 5.41) is 2.99. The Morgan fingerprint density at radius 1 is 1.14 bits per heavy atom. The molecule has 3 aliphatic rings. The van der Waals surface area contributed by atoms with Gasteiger partial charge in [0, 0.05) is 37.8 Å². The van der Waals surface area contributed by atoms with Gasteiger partial charge < -0.3 is 24.6 Å². The molecule has 1 aromatic rings. The first kappa shape index (κ1) is 20.6. The molecule has 0 bridgehead atoms. The Labute approximate surface area is 174 Å². The van der Waals surface area contributed by atoms with Gasteiger partial charge >= 0.3 is 0 Å². The molecule has 0 radical (unpaired) electrons. The molecule has 0 unspecified atom stereocenters. The lowest BCUT2D eigenvalue weighted by atomic mass is 9.99. The number of benzene rings is 1. The van der Waals surface area contributed by atoms with E-state index in [0.29, 0.717) is 12.1 Å². The lowest BCUT2D eigenvalue weighted by Gasteiger charge is -2.41. The zero-order chi connectivity index (χ0) is 20.1. The highest BCUT2D eigenvalue weighted by molar-refractivity contribution is 5.94. The molecule has 0 aliphatic carbocycles. The van der Waals surface area contributed by atoms with Gasteiger partial charge in [-0.3, -0.25) is 4.79 Å². The standard InChI is InChI=1S/C23H35N3O3/c1-25-11-7-19(8-12-25)26-13-9-20(10-14-26)29-21-5-2-4-18(16-21)23(27)24-17-22-6-3-15-28-22/h2,4-5,16,19-20,22H,3,6-15,17H2,1H3,(H,24,27)/t22-/m0/s1. The van der Waals surface area contributed by atoms with Crippen LogP contribution in [0.3, 0.4) is 0 Å². The number of piperidine rings is 2. The summed E-state index contributed by atoms with van der Waals surface area (Å²) >= 11 is 0. The van der Waals surface area contributed by atoms with E-state index >= 15 is 0 Å². The molecule has 3 heterocycles. The highest BCUT2D eigenvalue weighted by Crippen LogP contribution is 2.24. The number of hydrogen-bond acceptors (Lipinski definition) is 5. The lowest BCUT2D eigenvalue weighted by molar-refractivity contribution is 0.0525. The molecule has 3 fully saturated rings. The van der Waals surface area contributed by atoms with Crippen molar-refractivity contribution in [1.29, 1.82) is 0 Å². The number of nitrogens with zero attached hydrogens (tertiary/aromatic N) is 2. The lowest BCUT2D eigenvalue weighted by Crippen LogP contribution is -2.48. The monoisotopic (exact) mass is 401 g/mol. The van der Waals surface area contributed by atoms with E-state index in [0.717, 1.165) is 57.2 Å². The molecule has 4 rings (SSSR count). The predicted octanol–water partition coefficient (Wildman–Crippen LogP) is 2.53. The summed E-state index contributed by atoms with van der Waals surface area (Å²) < 4.78 is 11.8. The van der Waals surface area contributed by atoms with Crippen molar-refractivity contribution in [2.24, 2.45) is 0 Å². The molecule has 1 N–H and O–H groups in total.